The van der Waals surface area contributed by atoms with E-state index in [4.69, 9.17) is 15.2 Å². The van der Waals surface area contributed by atoms with Crippen molar-refractivity contribution in [2.45, 2.75) is 97.5 Å². The highest BCUT2D eigenvalue weighted by Crippen LogP contribution is 2.23. The van der Waals surface area contributed by atoms with Crippen molar-refractivity contribution >= 4 is 29.7 Å². The van der Waals surface area contributed by atoms with Crippen LogP contribution in [0.25, 0.3) is 0 Å². The summed E-state index contributed by atoms with van der Waals surface area (Å²) < 4.78 is 12.4. The molecule has 0 bridgehead atoms. The van der Waals surface area contributed by atoms with E-state index in [-0.39, 0.29) is 49.8 Å². The van der Waals surface area contributed by atoms with Gasteiger partial charge in [-0.3, -0.25) is 14.4 Å². The molecule has 5 atom stereocenters. The van der Waals surface area contributed by atoms with E-state index in [1.54, 1.807) is 18.7 Å². The number of ether oxygens (including phenoxy) is 2. The maximum Gasteiger partial charge on any atom is 0.329 e. The maximum atomic E-state index is 14.3. The number of nitrogens with one attached hydrogen (secondary N) is 4. The Morgan fingerprint density at radius 3 is 1.96 bits per heavy atom. The lowest BCUT2D eigenvalue weighted by atomic mass is 9.92. The van der Waals surface area contributed by atoms with Gasteiger partial charge < -0.3 is 41.4 Å². The Bertz CT molecular complexity index is 1770. The first-order valence-corrected chi connectivity index (χ1v) is 19.9. The van der Waals surface area contributed by atoms with E-state index in [0.717, 1.165) is 22.3 Å². The number of para-hydroxylation sites is 1. The Labute approximate surface area is 336 Å². The second-order valence-corrected chi connectivity index (χ2v) is 15.4. The Balaban J connectivity index is 1.74. The molecule has 1 saturated heterocycles. The molecule has 1 aliphatic rings. The average Bonchev–Trinajstić information content (AvgIpc) is 3.17. The molecule has 6 N–H and O–H groups in total. The zero-order chi connectivity index (χ0) is 41.5. The third-order valence-corrected chi connectivity index (χ3v) is 10.1. The van der Waals surface area contributed by atoms with Crippen LogP contribution < -0.4 is 31.7 Å². The molecule has 1 heterocycles. The zero-order valence-electron chi connectivity index (χ0n) is 34.1. The van der Waals surface area contributed by atoms with E-state index >= 15 is 0 Å². The van der Waals surface area contributed by atoms with Gasteiger partial charge in [0, 0.05) is 25.6 Å². The van der Waals surface area contributed by atoms with Crippen LogP contribution in [0.3, 0.4) is 0 Å². The van der Waals surface area contributed by atoms with Crippen LogP contribution in [0.1, 0.15) is 62.8 Å². The highest BCUT2D eigenvalue weighted by molar-refractivity contribution is 5.88. The molecule has 0 spiro atoms. The Kier molecular flexibility index (Phi) is 16.9. The van der Waals surface area contributed by atoms with Crippen molar-refractivity contribution in [3.63, 3.8) is 0 Å². The minimum absolute atomic E-state index is 0.0780. The number of esters is 1. The van der Waals surface area contributed by atoms with Crippen molar-refractivity contribution in [2.75, 3.05) is 26.2 Å². The van der Waals surface area contributed by atoms with E-state index < -0.39 is 48.1 Å². The van der Waals surface area contributed by atoms with Gasteiger partial charge in [0.25, 0.3) is 5.91 Å². The number of carbonyl (C=O) groups is 5. The number of hydrogen-bond acceptors (Lipinski definition) is 8. The van der Waals surface area contributed by atoms with Gasteiger partial charge in [-0.1, -0.05) is 107 Å². The Hall–Kier alpha value is -5.43. The van der Waals surface area contributed by atoms with Crippen LogP contribution in [0.5, 0.6) is 5.75 Å². The quantitative estimate of drug-likeness (QED) is 0.107. The van der Waals surface area contributed by atoms with E-state index in [0.29, 0.717) is 31.7 Å². The Morgan fingerprint density at radius 1 is 0.789 bits per heavy atom. The molecule has 57 heavy (non-hydrogen) atoms. The molecule has 1 fully saturated rings. The summed E-state index contributed by atoms with van der Waals surface area (Å²) in [6, 6.07) is 21.3. The molecule has 3 aromatic rings. The second-order valence-electron chi connectivity index (χ2n) is 15.4. The Morgan fingerprint density at radius 2 is 1.40 bits per heavy atom. The smallest absolute Gasteiger partial charge is 0.329 e. The third kappa shape index (κ3) is 13.3. The number of urea groups is 1. The fourth-order valence-electron chi connectivity index (χ4n) is 7.18. The summed E-state index contributed by atoms with van der Waals surface area (Å²) in [5.74, 6) is -1.95. The van der Waals surface area contributed by atoms with Gasteiger partial charge >= 0.3 is 12.0 Å². The van der Waals surface area contributed by atoms with Gasteiger partial charge in [-0.05, 0) is 67.2 Å². The SMILES string of the molecule is Cc1cccc(C)c1OCC(=O)N[C@@H](Cc1ccccc1)[C@H](C[C@H](Cc1ccccc1)NC(=O)[C@H](C(C)C)N1CCCNC1=O)OC(=O)[C@@H](NC(=O)CN)C(C)C. The van der Waals surface area contributed by atoms with Crippen LogP contribution in [-0.4, -0.2) is 91.1 Å². The maximum absolute atomic E-state index is 14.3. The van der Waals surface area contributed by atoms with Crippen LogP contribution in [-0.2, 0) is 36.8 Å². The van der Waals surface area contributed by atoms with Crippen LogP contribution in [0, 0.1) is 25.7 Å². The number of carbonyl (C=O) groups excluding carboxylic acids is 5. The van der Waals surface area contributed by atoms with Crippen LogP contribution in [0.4, 0.5) is 4.79 Å². The monoisotopic (exact) mass is 784 g/mol. The van der Waals surface area contributed by atoms with Crippen molar-refractivity contribution in [2.24, 2.45) is 17.6 Å². The summed E-state index contributed by atoms with van der Waals surface area (Å²) in [6.07, 6.45) is 0.400. The summed E-state index contributed by atoms with van der Waals surface area (Å²) >= 11 is 0. The number of amides is 5. The van der Waals surface area contributed by atoms with Crippen molar-refractivity contribution in [3.8, 4) is 5.75 Å². The van der Waals surface area contributed by atoms with Gasteiger partial charge in [-0.2, -0.15) is 0 Å². The fourth-order valence-corrected chi connectivity index (χ4v) is 7.18. The topological polar surface area (TPSA) is 181 Å². The van der Waals surface area contributed by atoms with E-state index in [1.807, 2.05) is 107 Å². The van der Waals surface area contributed by atoms with Crippen molar-refractivity contribution in [1.82, 2.24) is 26.2 Å². The molecule has 308 valence electrons. The van der Waals surface area contributed by atoms with Gasteiger partial charge in [0.2, 0.25) is 11.8 Å². The molecule has 0 unspecified atom stereocenters. The molecule has 0 aliphatic carbocycles. The third-order valence-electron chi connectivity index (χ3n) is 10.1. The van der Waals surface area contributed by atoms with Gasteiger partial charge in [0.15, 0.2) is 6.61 Å². The molecule has 0 saturated carbocycles. The number of nitrogens with two attached hydrogens (primary N) is 1. The molecule has 0 aromatic heterocycles. The van der Waals surface area contributed by atoms with Gasteiger partial charge in [0.05, 0.1) is 12.6 Å². The number of benzene rings is 3. The van der Waals surface area contributed by atoms with E-state index in [1.165, 1.54) is 0 Å². The number of hydrogen-bond donors (Lipinski definition) is 5. The number of rotatable bonds is 20. The fraction of sp³-hybridized carbons (Fsp3) is 0.477. The molecule has 13 heteroatoms. The molecule has 1 aliphatic heterocycles. The molecule has 13 nitrogen and oxygen atoms in total. The van der Waals surface area contributed by atoms with Gasteiger partial charge in [-0.25, -0.2) is 9.59 Å². The lowest BCUT2D eigenvalue weighted by molar-refractivity contribution is -0.157. The van der Waals surface area contributed by atoms with Crippen molar-refractivity contribution < 1.29 is 33.4 Å². The summed E-state index contributed by atoms with van der Waals surface area (Å²) in [7, 11) is 0. The zero-order valence-corrected chi connectivity index (χ0v) is 34.1. The first kappa shape index (κ1) is 44.3. The lowest BCUT2D eigenvalue weighted by Crippen LogP contribution is -2.60. The van der Waals surface area contributed by atoms with Crippen LogP contribution >= 0.6 is 0 Å². The standard InChI is InChI=1S/C44H60N6O7/c1-28(2)39(49-37(51)26-45)43(54)57-36(35(24-33-19-11-8-12-20-33)48-38(52)27-56-41-30(5)15-13-16-31(41)6)25-34(23-32-17-9-7-10-18-32)47-42(53)40(29(3)4)50-22-14-21-46-44(50)55/h7-13,15-20,28-29,34-36,39-40H,14,21-27,45H2,1-6H3,(H,46,55)(H,47,53)(H,48,52)(H,49,51)/t34-,35-,36-,39-,40-/m0/s1. The van der Waals surface area contributed by atoms with Crippen molar-refractivity contribution in [3.05, 3.63) is 101 Å². The molecule has 0 radical (unpaired) electrons. The first-order valence-electron chi connectivity index (χ1n) is 19.9. The van der Waals surface area contributed by atoms with E-state index in [2.05, 4.69) is 21.3 Å². The predicted octanol–water partition coefficient (Wildman–Crippen LogP) is 3.98. The molecular formula is C44H60N6O7. The summed E-state index contributed by atoms with van der Waals surface area (Å²) in [5.41, 5.74) is 9.16. The molecule has 3 aromatic carbocycles. The number of nitrogens with zero attached hydrogens (tertiary/aromatic N) is 1. The van der Waals surface area contributed by atoms with Gasteiger partial charge in [0.1, 0.15) is 23.9 Å². The largest absolute Gasteiger partial charge is 0.483 e. The normalized spacial score (nSPS) is 15.5. The highest BCUT2D eigenvalue weighted by atomic mass is 16.5. The summed E-state index contributed by atoms with van der Waals surface area (Å²) in [4.78, 5) is 69.3. The van der Waals surface area contributed by atoms with Gasteiger partial charge in [-0.15, -0.1) is 0 Å². The number of aryl methyl sites for hydroxylation is 2. The first-order chi connectivity index (χ1) is 27.3. The highest BCUT2D eigenvalue weighted by Gasteiger charge is 2.38. The van der Waals surface area contributed by atoms with Crippen LogP contribution in [0.2, 0.25) is 0 Å². The molecule has 5 amide bonds. The van der Waals surface area contributed by atoms with Crippen LogP contribution in [0.15, 0.2) is 78.9 Å². The predicted molar refractivity (Wildman–Crippen MR) is 219 cm³/mol. The lowest BCUT2D eigenvalue weighted by Gasteiger charge is -2.37. The second kappa shape index (κ2) is 21.8. The summed E-state index contributed by atoms with van der Waals surface area (Å²) in [6.45, 7) is 11.6. The minimum Gasteiger partial charge on any atom is -0.483 e. The molecule has 4 rings (SSSR count). The van der Waals surface area contributed by atoms with E-state index in [9.17, 15) is 24.0 Å². The average molecular weight is 785 g/mol. The van der Waals surface area contributed by atoms with Crippen molar-refractivity contribution in [1.29, 1.82) is 0 Å². The minimum atomic E-state index is -1.03. The molecular weight excluding hydrogens is 725 g/mol. The summed E-state index contributed by atoms with van der Waals surface area (Å²) in [5, 5.41) is 11.9.